The number of carboxylic acids is 1. The first-order valence-electron chi connectivity index (χ1n) is 6.79. The van der Waals surface area contributed by atoms with Crippen molar-refractivity contribution in [3.8, 4) is 0 Å². The van der Waals surface area contributed by atoms with Gasteiger partial charge in [0, 0.05) is 13.6 Å². The molecular formula is C14H17N3O4S. The van der Waals surface area contributed by atoms with Crippen molar-refractivity contribution in [1.29, 1.82) is 0 Å². The van der Waals surface area contributed by atoms with Gasteiger partial charge in [0.15, 0.2) is 0 Å². The van der Waals surface area contributed by atoms with Crippen LogP contribution in [0.3, 0.4) is 0 Å². The number of aryl methyl sites for hydroxylation is 1. The molecule has 7 nitrogen and oxygen atoms in total. The second kappa shape index (κ2) is 6.69. The number of hydrogen-bond donors (Lipinski definition) is 1. The normalized spacial score (nSPS) is 10.7. The largest absolute Gasteiger partial charge is 0.481 e. The second-order valence-electron chi connectivity index (χ2n) is 4.72. The van der Waals surface area contributed by atoms with Crippen LogP contribution < -0.4 is 4.90 Å². The number of carbonyl (C=O) groups excluding carboxylic acids is 1. The van der Waals surface area contributed by atoms with Gasteiger partial charge in [0.1, 0.15) is 21.9 Å². The summed E-state index contributed by atoms with van der Waals surface area (Å²) in [6.45, 7) is 4.21. The zero-order valence-electron chi connectivity index (χ0n) is 12.6. The van der Waals surface area contributed by atoms with E-state index in [2.05, 4.69) is 9.97 Å². The van der Waals surface area contributed by atoms with E-state index in [0.717, 1.165) is 10.9 Å². The zero-order valence-corrected chi connectivity index (χ0v) is 13.4. The van der Waals surface area contributed by atoms with Crippen LogP contribution in [0, 0.1) is 6.92 Å². The molecule has 0 aliphatic carbocycles. The smallest absolute Gasteiger partial charge is 0.348 e. The molecule has 0 unspecified atom stereocenters. The molecule has 0 spiro atoms. The van der Waals surface area contributed by atoms with E-state index in [4.69, 9.17) is 9.84 Å². The molecule has 0 saturated carbocycles. The standard InChI is InChI=1S/C14H17N3O4S/c1-4-21-14(20)11-8(2)10-12(15-7-16-13(10)22-11)17(3)6-5-9(18)19/h7H,4-6H2,1-3H3,(H,18,19). The maximum absolute atomic E-state index is 12.0. The van der Waals surface area contributed by atoms with Crippen molar-refractivity contribution >= 4 is 39.3 Å². The fourth-order valence-corrected chi connectivity index (χ4v) is 3.14. The van der Waals surface area contributed by atoms with Crippen molar-refractivity contribution in [1.82, 2.24) is 9.97 Å². The van der Waals surface area contributed by atoms with Crippen molar-refractivity contribution in [2.75, 3.05) is 25.1 Å². The van der Waals surface area contributed by atoms with E-state index in [9.17, 15) is 9.59 Å². The molecule has 2 heterocycles. The summed E-state index contributed by atoms with van der Waals surface area (Å²) < 4.78 is 5.05. The Labute approximate surface area is 131 Å². The Bertz CT molecular complexity index is 713. The Balaban J connectivity index is 2.44. The van der Waals surface area contributed by atoms with Crippen molar-refractivity contribution < 1.29 is 19.4 Å². The average Bonchev–Trinajstić information content (AvgIpc) is 2.82. The lowest BCUT2D eigenvalue weighted by Gasteiger charge is -2.18. The number of carbonyl (C=O) groups is 2. The third kappa shape index (κ3) is 3.16. The number of rotatable bonds is 6. The molecule has 22 heavy (non-hydrogen) atoms. The summed E-state index contributed by atoms with van der Waals surface area (Å²) in [7, 11) is 1.77. The summed E-state index contributed by atoms with van der Waals surface area (Å²) in [4.78, 5) is 34.1. The van der Waals surface area contributed by atoms with Gasteiger partial charge in [-0.2, -0.15) is 0 Å². The highest BCUT2D eigenvalue weighted by molar-refractivity contribution is 7.20. The van der Waals surface area contributed by atoms with Crippen LogP contribution in [0.1, 0.15) is 28.6 Å². The Kier molecular flexibility index (Phi) is 4.92. The predicted octanol–water partition coefficient (Wildman–Crippen LogP) is 2.09. The highest BCUT2D eigenvalue weighted by Crippen LogP contribution is 2.34. The van der Waals surface area contributed by atoms with E-state index >= 15 is 0 Å². The molecule has 1 N–H and O–H groups in total. The van der Waals surface area contributed by atoms with Gasteiger partial charge in [0.25, 0.3) is 0 Å². The molecule has 0 aliphatic heterocycles. The van der Waals surface area contributed by atoms with Crippen molar-refractivity contribution in [2.24, 2.45) is 0 Å². The van der Waals surface area contributed by atoms with Gasteiger partial charge < -0.3 is 14.7 Å². The van der Waals surface area contributed by atoms with Crippen LogP contribution in [0.5, 0.6) is 0 Å². The fourth-order valence-electron chi connectivity index (χ4n) is 2.10. The van der Waals surface area contributed by atoms with E-state index < -0.39 is 5.97 Å². The Morgan fingerprint density at radius 2 is 2.14 bits per heavy atom. The van der Waals surface area contributed by atoms with Crippen LogP contribution in [0.2, 0.25) is 0 Å². The molecule has 0 saturated heterocycles. The number of thiophene rings is 1. The van der Waals surface area contributed by atoms with E-state index in [1.807, 2.05) is 6.92 Å². The molecule has 0 aromatic carbocycles. The Hall–Kier alpha value is -2.22. The van der Waals surface area contributed by atoms with E-state index in [1.54, 1.807) is 18.9 Å². The fraction of sp³-hybridized carbons (Fsp3) is 0.429. The van der Waals surface area contributed by atoms with Crippen LogP contribution in [0.4, 0.5) is 5.82 Å². The van der Waals surface area contributed by atoms with Gasteiger partial charge in [0.2, 0.25) is 0 Å². The molecule has 0 amide bonds. The number of anilines is 1. The molecule has 2 rings (SSSR count). The van der Waals surface area contributed by atoms with E-state index in [0.29, 0.717) is 28.7 Å². The first-order chi connectivity index (χ1) is 10.5. The minimum Gasteiger partial charge on any atom is -0.481 e. The number of aliphatic carboxylic acids is 1. The molecule has 0 fully saturated rings. The Morgan fingerprint density at radius 3 is 2.77 bits per heavy atom. The topological polar surface area (TPSA) is 92.6 Å². The summed E-state index contributed by atoms with van der Waals surface area (Å²) in [5.74, 6) is -0.621. The predicted molar refractivity (Wildman–Crippen MR) is 83.6 cm³/mol. The minimum atomic E-state index is -0.869. The van der Waals surface area contributed by atoms with Gasteiger partial charge in [-0.15, -0.1) is 11.3 Å². The quantitative estimate of drug-likeness (QED) is 0.814. The molecule has 2 aromatic rings. The molecule has 0 atom stereocenters. The lowest BCUT2D eigenvalue weighted by atomic mass is 10.2. The van der Waals surface area contributed by atoms with Gasteiger partial charge in [-0.3, -0.25) is 4.79 Å². The summed E-state index contributed by atoms with van der Waals surface area (Å²) in [6, 6.07) is 0. The Morgan fingerprint density at radius 1 is 1.41 bits per heavy atom. The molecule has 8 heteroatoms. The summed E-state index contributed by atoms with van der Waals surface area (Å²) in [6.07, 6.45) is 1.43. The maximum atomic E-state index is 12.0. The molecular weight excluding hydrogens is 306 g/mol. The number of fused-ring (bicyclic) bond motifs is 1. The number of hydrogen-bond acceptors (Lipinski definition) is 7. The van der Waals surface area contributed by atoms with Gasteiger partial charge in [-0.05, 0) is 19.4 Å². The van der Waals surface area contributed by atoms with E-state index in [1.165, 1.54) is 17.7 Å². The molecule has 0 bridgehead atoms. The van der Waals surface area contributed by atoms with Gasteiger partial charge >= 0.3 is 11.9 Å². The number of nitrogens with zero attached hydrogens (tertiary/aromatic N) is 3. The molecule has 0 aliphatic rings. The van der Waals surface area contributed by atoms with Crippen LogP contribution in [-0.4, -0.2) is 47.2 Å². The summed E-state index contributed by atoms with van der Waals surface area (Å²) in [5, 5.41) is 9.56. The van der Waals surface area contributed by atoms with Crippen molar-refractivity contribution in [3.63, 3.8) is 0 Å². The van der Waals surface area contributed by atoms with E-state index in [-0.39, 0.29) is 12.4 Å². The minimum absolute atomic E-state index is 0.00984. The third-order valence-electron chi connectivity index (χ3n) is 3.19. The summed E-state index contributed by atoms with van der Waals surface area (Å²) >= 11 is 1.26. The van der Waals surface area contributed by atoms with Crippen LogP contribution in [0.25, 0.3) is 10.2 Å². The van der Waals surface area contributed by atoms with Crippen LogP contribution in [0.15, 0.2) is 6.33 Å². The highest BCUT2D eigenvalue weighted by Gasteiger charge is 2.21. The first kappa shape index (κ1) is 16.2. The number of ether oxygens (including phenoxy) is 1. The van der Waals surface area contributed by atoms with Crippen molar-refractivity contribution in [2.45, 2.75) is 20.3 Å². The molecule has 118 valence electrons. The van der Waals surface area contributed by atoms with Gasteiger partial charge in [-0.1, -0.05) is 0 Å². The number of carboxylic acid groups (broad SMARTS) is 1. The van der Waals surface area contributed by atoms with Gasteiger partial charge in [-0.25, -0.2) is 14.8 Å². The monoisotopic (exact) mass is 323 g/mol. The molecule has 0 radical (unpaired) electrons. The van der Waals surface area contributed by atoms with Crippen LogP contribution >= 0.6 is 11.3 Å². The average molecular weight is 323 g/mol. The lowest BCUT2D eigenvalue weighted by molar-refractivity contribution is -0.136. The number of esters is 1. The van der Waals surface area contributed by atoms with Crippen LogP contribution in [-0.2, 0) is 9.53 Å². The maximum Gasteiger partial charge on any atom is 0.348 e. The highest BCUT2D eigenvalue weighted by atomic mass is 32.1. The number of aromatic nitrogens is 2. The van der Waals surface area contributed by atoms with Crippen molar-refractivity contribution in [3.05, 3.63) is 16.8 Å². The summed E-state index contributed by atoms with van der Waals surface area (Å²) in [5.41, 5.74) is 0.760. The molecule has 2 aromatic heterocycles. The zero-order chi connectivity index (χ0) is 16.3. The SMILES string of the molecule is CCOC(=O)c1sc2ncnc(N(C)CCC(=O)O)c2c1C. The van der Waals surface area contributed by atoms with Gasteiger partial charge in [0.05, 0.1) is 18.4 Å². The lowest BCUT2D eigenvalue weighted by Crippen LogP contribution is -2.22. The second-order valence-corrected chi connectivity index (χ2v) is 5.72. The third-order valence-corrected chi connectivity index (χ3v) is 4.37. The first-order valence-corrected chi connectivity index (χ1v) is 7.61.